The number of nitrogens with zero attached hydrogens (tertiary/aromatic N) is 1. The van der Waals surface area contributed by atoms with Gasteiger partial charge in [0.15, 0.2) is 5.79 Å². The van der Waals surface area contributed by atoms with Gasteiger partial charge >= 0.3 is 0 Å². The average Bonchev–Trinajstić information content (AvgIpc) is 2.79. The van der Waals surface area contributed by atoms with Gasteiger partial charge in [0.2, 0.25) is 5.91 Å². The Hall–Kier alpha value is -0.650. The van der Waals surface area contributed by atoms with Crippen LogP contribution in [-0.2, 0) is 14.3 Å². The molecule has 2 rings (SSSR count). The third-order valence-electron chi connectivity index (χ3n) is 4.31. The Morgan fingerprint density at radius 3 is 2.39 bits per heavy atom. The molecule has 1 aliphatic carbocycles. The Kier molecular flexibility index (Phi) is 4.25. The second kappa shape index (κ2) is 5.55. The van der Waals surface area contributed by atoms with Crippen LogP contribution in [0.15, 0.2) is 0 Å². The summed E-state index contributed by atoms with van der Waals surface area (Å²) in [6.07, 6.45) is 4.59. The van der Waals surface area contributed by atoms with Gasteiger partial charge in [-0.2, -0.15) is 0 Å². The third kappa shape index (κ3) is 2.68. The maximum absolute atomic E-state index is 11.4. The number of rotatable bonds is 4. The molecule has 0 radical (unpaired) electrons. The molecule has 104 valence electrons. The van der Waals surface area contributed by atoms with Crippen molar-refractivity contribution in [3.05, 3.63) is 0 Å². The number of amides is 1. The van der Waals surface area contributed by atoms with Crippen LogP contribution in [-0.4, -0.2) is 48.9 Å². The highest BCUT2D eigenvalue weighted by Gasteiger charge is 2.42. The number of hydrogen-bond acceptors (Lipinski definition) is 4. The van der Waals surface area contributed by atoms with E-state index < -0.39 is 0 Å². The molecule has 1 heterocycles. The van der Waals surface area contributed by atoms with E-state index in [1.165, 1.54) is 0 Å². The lowest BCUT2D eigenvalue weighted by molar-refractivity contribution is -0.184. The van der Waals surface area contributed by atoms with Crippen LogP contribution in [0.4, 0.5) is 0 Å². The lowest BCUT2D eigenvalue weighted by Gasteiger charge is -2.41. The zero-order chi connectivity index (χ0) is 13.2. The summed E-state index contributed by atoms with van der Waals surface area (Å²) in [5, 5.41) is 0. The molecule has 2 aliphatic rings. The summed E-state index contributed by atoms with van der Waals surface area (Å²) in [5.41, 5.74) is 5.44. The van der Waals surface area contributed by atoms with Gasteiger partial charge in [0, 0.05) is 18.9 Å². The Morgan fingerprint density at radius 1 is 1.39 bits per heavy atom. The Labute approximate surface area is 109 Å². The van der Waals surface area contributed by atoms with Gasteiger partial charge in [-0.05, 0) is 26.3 Å². The van der Waals surface area contributed by atoms with Crippen LogP contribution in [0.2, 0.25) is 0 Å². The van der Waals surface area contributed by atoms with Gasteiger partial charge in [-0.3, -0.25) is 9.69 Å². The zero-order valence-corrected chi connectivity index (χ0v) is 11.4. The standard InChI is InChI=1S/C13H24N2O3/c1-3-11(12(14)16)15(2)10-4-6-13(7-5-10)17-8-9-18-13/h10-11H,3-9H2,1-2H3,(H2,14,16). The van der Waals surface area contributed by atoms with Crippen LogP contribution in [0.25, 0.3) is 0 Å². The predicted octanol–water partition coefficient (Wildman–Crippen LogP) is 0.868. The molecule has 0 aromatic heterocycles. The minimum Gasteiger partial charge on any atom is -0.368 e. The molecule has 2 N–H and O–H groups in total. The molecule has 0 aromatic rings. The van der Waals surface area contributed by atoms with Crippen molar-refractivity contribution >= 4 is 5.91 Å². The number of likely N-dealkylation sites (N-methyl/N-ethyl adjacent to an activating group) is 1. The maximum Gasteiger partial charge on any atom is 0.234 e. The Bertz CT molecular complexity index is 293. The molecular formula is C13H24N2O3. The zero-order valence-electron chi connectivity index (χ0n) is 11.4. The molecular weight excluding hydrogens is 232 g/mol. The Morgan fingerprint density at radius 2 is 1.94 bits per heavy atom. The number of ether oxygens (including phenoxy) is 2. The molecule has 0 aromatic carbocycles. The minimum absolute atomic E-state index is 0.158. The van der Waals surface area contributed by atoms with Crippen LogP contribution in [0.5, 0.6) is 0 Å². The van der Waals surface area contributed by atoms with Crippen LogP contribution < -0.4 is 5.73 Å². The van der Waals surface area contributed by atoms with Crippen LogP contribution >= 0.6 is 0 Å². The van der Waals surface area contributed by atoms with Gasteiger partial charge < -0.3 is 15.2 Å². The van der Waals surface area contributed by atoms with Crippen LogP contribution in [0, 0.1) is 0 Å². The van der Waals surface area contributed by atoms with Crippen molar-refractivity contribution in [2.45, 2.75) is 56.9 Å². The lowest BCUT2D eigenvalue weighted by atomic mass is 9.88. The van der Waals surface area contributed by atoms with Gasteiger partial charge in [-0.25, -0.2) is 0 Å². The fourth-order valence-electron chi connectivity index (χ4n) is 3.18. The SMILES string of the molecule is CCC(C(N)=O)N(C)C1CCC2(CC1)OCCO2. The first-order valence-corrected chi connectivity index (χ1v) is 6.87. The summed E-state index contributed by atoms with van der Waals surface area (Å²) >= 11 is 0. The molecule has 5 nitrogen and oxygen atoms in total. The molecule has 1 saturated carbocycles. The van der Waals surface area contributed by atoms with E-state index in [1.54, 1.807) is 0 Å². The van der Waals surface area contributed by atoms with Crippen molar-refractivity contribution in [2.24, 2.45) is 5.73 Å². The first kappa shape index (κ1) is 13.8. The molecule has 1 saturated heterocycles. The molecule has 1 atom stereocenters. The number of carbonyl (C=O) groups is 1. The topological polar surface area (TPSA) is 64.8 Å². The van der Waals surface area contributed by atoms with E-state index in [-0.39, 0.29) is 17.7 Å². The summed E-state index contributed by atoms with van der Waals surface area (Å²) in [6.45, 7) is 3.41. The summed E-state index contributed by atoms with van der Waals surface area (Å²) in [5.74, 6) is -0.556. The third-order valence-corrected chi connectivity index (χ3v) is 4.31. The summed E-state index contributed by atoms with van der Waals surface area (Å²) in [4.78, 5) is 13.5. The van der Waals surface area contributed by atoms with Crippen molar-refractivity contribution in [3.63, 3.8) is 0 Å². The molecule has 1 unspecified atom stereocenters. The Balaban J connectivity index is 1.90. The van der Waals surface area contributed by atoms with E-state index in [4.69, 9.17) is 15.2 Å². The lowest BCUT2D eigenvalue weighted by Crippen LogP contribution is -2.50. The fourth-order valence-corrected chi connectivity index (χ4v) is 3.18. The van der Waals surface area contributed by atoms with E-state index in [9.17, 15) is 4.79 Å². The van der Waals surface area contributed by atoms with Gasteiger partial charge in [-0.15, -0.1) is 0 Å². The van der Waals surface area contributed by atoms with E-state index >= 15 is 0 Å². The normalized spacial score (nSPS) is 25.7. The van der Waals surface area contributed by atoms with Crippen LogP contribution in [0.1, 0.15) is 39.0 Å². The summed E-state index contributed by atoms with van der Waals surface area (Å²) in [6, 6.07) is 0.246. The second-order valence-corrected chi connectivity index (χ2v) is 5.33. The maximum atomic E-state index is 11.4. The van der Waals surface area contributed by atoms with Crippen LogP contribution in [0.3, 0.4) is 0 Å². The van der Waals surface area contributed by atoms with E-state index in [0.29, 0.717) is 19.3 Å². The minimum atomic E-state index is -0.328. The van der Waals surface area contributed by atoms with E-state index in [1.807, 2.05) is 14.0 Å². The average molecular weight is 256 g/mol. The second-order valence-electron chi connectivity index (χ2n) is 5.33. The number of hydrogen-bond donors (Lipinski definition) is 1. The first-order valence-electron chi connectivity index (χ1n) is 6.87. The number of carbonyl (C=O) groups excluding carboxylic acids is 1. The highest BCUT2D eigenvalue weighted by Crippen LogP contribution is 2.37. The predicted molar refractivity (Wildman–Crippen MR) is 67.9 cm³/mol. The van der Waals surface area contributed by atoms with Gasteiger partial charge in [0.05, 0.1) is 19.3 Å². The molecule has 0 bridgehead atoms. The van der Waals surface area contributed by atoms with Gasteiger partial charge in [0.1, 0.15) is 0 Å². The van der Waals surface area contributed by atoms with E-state index in [2.05, 4.69) is 4.90 Å². The van der Waals surface area contributed by atoms with Gasteiger partial charge in [0.25, 0.3) is 0 Å². The molecule has 18 heavy (non-hydrogen) atoms. The highest BCUT2D eigenvalue weighted by molar-refractivity contribution is 5.79. The monoisotopic (exact) mass is 256 g/mol. The molecule has 2 fully saturated rings. The summed E-state index contributed by atoms with van der Waals surface area (Å²) < 4.78 is 11.4. The van der Waals surface area contributed by atoms with Crippen molar-refractivity contribution in [1.82, 2.24) is 4.90 Å². The highest BCUT2D eigenvalue weighted by atomic mass is 16.7. The number of nitrogens with two attached hydrogens (primary N) is 1. The van der Waals surface area contributed by atoms with Crippen molar-refractivity contribution in [2.75, 3.05) is 20.3 Å². The first-order chi connectivity index (χ1) is 8.58. The quantitative estimate of drug-likeness (QED) is 0.810. The number of primary amides is 1. The largest absolute Gasteiger partial charge is 0.368 e. The molecule has 1 spiro atoms. The smallest absolute Gasteiger partial charge is 0.234 e. The van der Waals surface area contributed by atoms with Crippen molar-refractivity contribution in [1.29, 1.82) is 0 Å². The molecule has 5 heteroatoms. The van der Waals surface area contributed by atoms with Gasteiger partial charge in [-0.1, -0.05) is 6.92 Å². The molecule has 1 amide bonds. The summed E-state index contributed by atoms with van der Waals surface area (Å²) in [7, 11) is 2.00. The van der Waals surface area contributed by atoms with E-state index in [0.717, 1.165) is 32.1 Å². The molecule has 1 aliphatic heterocycles. The van der Waals surface area contributed by atoms with Crippen molar-refractivity contribution in [3.8, 4) is 0 Å². The fraction of sp³-hybridized carbons (Fsp3) is 0.923. The van der Waals surface area contributed by atoms with Crippen molar-refractivity contribution < 1.29 is 14.3 Å².